The van der Waals surface area contributed by atoms with Crippen molar-refractivity contribution < 1.29 is 4.74 Å². The Bertz CT molecular complexity index is 2020. The van der Waals surface area contributed by atoms with E-state index in [0.717, 1.165) is 22.9 Å². The number of ether oxygens (including phenoxy) is 1. The van der Waals surface area contributed by atoms with Crippen LogP contribution < -0.4 is 10.1 Å². The molecule has 0 aliphatic carbocycles. The molecule has 6 aromatic carbocycles. The highest BCUT2D eigenvalue weighted by Crippen LogP contribution is 2.64. The molecule has 0 radical (unpaired) electrons. The second kappa shape index (κ2) is 8.51. The zero-order valence-electron chi connectivity index (χ0n) is 21.5. The van der Waals surface area contributed by atoms with E-state index in [-0.39, 0.29) is 0 Å². The SMILES string of the molecule is c1cc2c(c(-p3c4ccccc4c4ccccc43)c1)Oc1c(cccc1-p1c3ccccc3c3ccccc31)N2. The van der Waals surface area contributed by atoms with Crippen LogP contribution in [0.25, 0.3) is 52.6 Å². The molecule has 0 bridgehead atoms. The smallest absolute Gasteiger partial charge is 0.162 e. The van der Waals surface area contributed by atoms with Gasteiger partial charge in [-0.3, -0.25) is 0 Å². The molecule has 188 valence electrons. The van der Waals surface area contributed by atoms with Crippen LogP contribution in [0.3, 0.4) is 0 Å². The largest absolute Gasteiger partial charge is 0.451 e. The Hall–Kier alpha value is -4.48. The molecule has 9 rings (SSSR count). The van der Waals surface area contributed by atoms with E-state index in [9.17, 15) is 0 Å². The number of rotatable bonds is 2. The van der Waals surface area contributed by atoms with Crippen molar-refractivity contribution in [2.75, 3.05) is 5.32 Å². The summed E-state index contributed by atoms with van der Waals surface area (Å²) < 4.78 is 7.09. The van der Waals surface area contributed by atoms with Crippen molar-refractivity contribution in [3.63, 3.8) is 0 Å². The molecule has 2 aromatic heterocycles. The predicted octanol–water partition coefficient (Wildman–Crippen LogP) is 12.1. The van der Waals surface area contributed by atoms with Crippen molar-refractivity contribution in [3.05, 3.63) is 133 Å². The van der Waals surface area contributed by atoms with Crippen molar-refractivity contribution in [2.24, 2.45) is 0 Å². The van der Waals surface area contributed by atoms with Gasteiger partial charge in [-0.25, -0.2) is 0 Å². The number of anilines is 2. The summed E-state index contributed by atoms with van der Waals surface area (Å²) in [4.78, 5) is 0. The predicted molar refractivity (Wildman–Crippen MR) is 174 cm³/mol. The molecule has 4 heteroatoms. The van der Waals surface area contributed by atoms with E-state index in [1.807, 2.05) is 0 Å². The number of hydrogen-bond acceptors (Lipinski definition) is 2. The maximum Gasteiger partial charge on any atom is 0.162 e. The molecule has 0 fully saturated rings. The Labute approximate surface area is 233 Å². The topological polar surface area (TPSA) is 21.3 Å². The molecule has 1 N–H and O–H groups in total. The van der Waals surface area contributed by atoms with Gasteiger partial charge in [-0.15, -0.1) is 0 Å². The first-order chi connectivity index (χ1) is 19.9. The molecule has 40 heavy (non-hydrogen) atoms. The fourth-order valence-corrected chi connectivity index (χ4v) is 11.9. The van der Waals surface area contributed by atoms with Gasteiger partial charge in [0.2, 0.25) is 0 Å². The molecule has 1 aliphatic rings. The van der Waals surface area contributed by atoms with Gasteiger partial charge >= 0.3 is 0 Å². The van der Waals surface area contributed by atoms with Gasteiger partial charge < -0.3 is 10.1 Å². The molecule has 2 nitrogen and oxygen atoms in total. The van der Waals surface area contributed by atoms with E-state index in [4.69, 9.17) is 4.74 Å². The normalized spacial score (nSPS) is 12.4. The van der Waals surface area contributed by atoms with Crippen molar-refractivity contribution in [3.8, 4) is 22.1 Å². The van der Waals surface area contributed by atoms with Gasteiger partial charge in [0, 0.05) is 31.1 Å². The van der Waals surface area contributed by atoms with Crippen LogP contribution in [-0.2, 0) is 0 Å². The Kier molecular flexibility index (Phi) is 4.75. The first kappa shape index (κ1) is 22.3. The van der Waals surface area contributed by atoms with Gasteiger partial charge in [0.15, 0.2) is 11.5 Å². The zero-order valence-corrected chi connectivity index (χ0v) is 23.3. The molecule has 3 heterocycles. The summed E-state index contributed by atoms with van der Waals surface area (Å²) in [6.45, 7) is 0. The number of para-hydroxylation sites is 2. The summed E-state index contributed by atoms with van der Waals surface area (Å²) in [6, 6.07) is 48.6. The third kappa shape index (κ3) is 3.07. The molecule has 0 saturated carbocycles. The van der Waals surface area contributed by atoms with Crippen LogP contribution in [0.15, 0.2) is 133 Å². The van der Waals surface area contributed by atoms with Gasteiger partial charge in [0.1, 0.15) is 0 Å². The van der Waals surface area contributed by atoms with Gasteiger partial charge in [0.05, 0.1) is 11.4 Å². The van der Waals surface area contributed by atoms with Gasteiger partial charge in [0.25, 0.3) is 0 Å². The van der Waals surface area contributed by atoms with Crippen LogP contribution in [0.2, 0.25) is 0 Å². The summed E-state index contributed by atoms with van der Waals surface area (Å²) in [5.74, 6) is 1.91. The minimum absolute atomic E-state index is 0.740. The Morgan fingerprint density at radius 2 is 0.725 bits per heavy atom. The van der Waals surface area contributed by atoms with E-state index < -0.39 is 15.1 Å². The zero-order chi connectivity index (χ0) is 26.2. The summed E-state index contributed by atoms with van der Waals surface area (Å²) in [5.41, 5.74) is 2.07. The summed E-state index contributed by atoms with van der Waals surface area (Å²) >= 11 is 0. The third-order valence-corrected chi connectivity index (χ3v) is 13.3. The number of nitrogens with one attached hydrogen (secondary N) is 1. The van der Waals surface area contributed by atoms with Crippen molar-refractivity contribution >= 4 is 68.5 Å². The average molecular weight is 548 g/mol. The lowest BCUT2D eigenvalue weighted by Crippen LogP contribution is -2.03. The lowest BCUT2D eigenvalue weighted by atomic mass is 10.2. The van der Waals surface area contributed by atoms with Gasteiger partial charge in [-0.1, -0.05) is 124 Å². The molecular weight excluding hydrogens is 524 g/mol. The number of benzene rings is 6. The monoisotopic (exact) mass is 547 g/mol. The summed E-state index contributed by atoms with van der Waals surface area (Å²) in [6.07, 6.45) is 0. The second-order valence-electron chi connectivity index (χ2n) is 10.3. The van der Waals surface area contributed by atoms with Crippen LogP contribution in [0.5, 0.6) is 11.5 Å². The van der Waals surface area contributed by atoms with Gasteiger partial charge in [-0.2, -0.15) is 0 Å². The maximum atomic E-state index is 7.09. The molecule has 0 atom stereocenters. The van der Waals surface area contributed by atoms with Gasteiger partial charge in [-0.05, 0) is 45.8 Å². The van der Waals surface area contributed by atoms with Crippen LogP contribution in [-0.4, -0.2) is 0 Å². The Balaban J connectivity index is 1.31. The highest BCUT2D eigenvalue weighted by Gasteiger charge is 2.26. The molecule has 0 unspecified atom stereocenters. The first-order valence-electron chi connectivity index (χ1n) is 13.5. The van der Waals surface area contributed by atoms with Crippen LogP contribution in [0.1, 0.15) is 0 Å². The first-order valence-corrected chi connectivity index (χ1v) is 16.2. The van der Waals surface area contributed by atoms with E-state index in [0.29, 0.717) is 0 Å². The summed E-state index contributed by atoms with van der Waals surface area (Å²) in [5, 5.41) is 17.3. The fourth-order valence-electron chi connectivity index (χ4n) is 6.42. The number of fused-ring (bicyclic) bond motifs is 8. The minimum Gasteiger partial charge on any atom is -0.451 e. The van der Waals surface area contributed by atoms with Crippen LogP contribution in [0, 0.1) is 0 Å². The molecule has 8 aromatic rings. The second-order valence-corrected chi connectivity index (χ2v) is 14.5. The third-order valence-electron chi connectivity index (χ3n) is 8.10. The standard InChI is InChI=1S/C36H23NOP2/c1-5-17-29-23(11-1)24-12-2-6-18-30(24)39(29)33-21-9-15-27-35(33)38-36-28(37-27)16-10-22-34(36)40-31-19-7-3-13-25(31)26-14-4-8-20-32(26)40/h1-22,37H. The van der Waals surface area contributed by atoms with E-state index in [1.165, 1.54) is 52.6 Å². The van der Waals surface area contributed by atoms with E-state index >= 15 is 0 Å². The average Bonchev–Trinajstić information content (AvgIpc) is 3.53. The van der Waals surface area contributed by atoms with Crippen molar-refractivity contribution in [1.82, 2.24) is 0 Å². The van der Waals surface area contributed by atoms with Crippen molar-refractivity contribution in [1.29, 1.82) is 0 Å². The molecular formula is C36H23NOP2. The Morgan fingerprint density at radius 1 is 0.375 bits per heavy atom. The molecule has 0 spiro atoms. The van der Waals surface area contributed by atoms with E-state index in [2.05, 4.69) is 139 Å². The van der Waals surface area contributed by atoms with E-state index in [1.54, 1.807) is 0 Å². The molecule has 0 amide bonds. The van der Waals surface area contributed by atoms with Crippen LogP contribution in [0.4, 0.5) is 11.4 Å². The highest BCUT2D eigenvalue weighted by molar-refractivity contribution is 7.68. The maximum absolute atomic E-state index is 7.09. The Morgan fingerprint density at radius 3 is 1.10 bits per heavy atom. The van der Waals surface area contributed by atoms with Crippen molar-refractivity contribution in [2.45, 2.75) is 0 Å². The fraction of sp³-hybridized carbons (Fsp3) is 0. The van der Waals surface area contributed by atoms with Crippen LogP contribution >= 0.6 is 15.1 Å². The highest BCUT2D eigenvalue weighted by atomic mass is 31.1. The minimum atomic E-state index is -0.740. The number of hydrogen-bond donors (Lipinski definition) is 1. The lowest BCUT2D eigenvalue weighted by molar-refractivity contribution is 0.487. The quantitative estimate of drug-likeness (QED) is 0.232. The lowest BCUT2D eigenvalue weighted by Gasteiger charge is -2.26. The molecule has 1 aliphatic heterocycles. The summed E-state index contributed by atoms with van der Waals surface area (Å²) in [7, 11) is -1.48. The molecule has 0 saturated heterocycles.